The number of rotatable bonds is 7. The van der Waals surface area contributed by atoms with Crippen LogP contribution >= 0.6 is 11.6 Å². The second-order valence-corrected chi connectivity index (χ2v) is 6.06. The second-order valence-electron chi connectivity index (χ2n) is 5.65. The monoisotopic (exact) mass is 296 g/mol. The number of nitrogens with zero attached hydrogens (tertiary/aromatic N) is 1. The predicted molar refractivity (Wildman–Crippen MR) is 84.6 cm³/mol. The van der Waals surface area contributed by atoms with Gasteiger partial charge in [-0.05, 0) is 57.8 Å². The molecule has 0 radical (unpaired) electrons. The van der Waals surface area contributed by atoms with Crippen molar-refractivity contribution in [3.8, 4) is 5.75 Å². The van der Waals surface area contributed by atoms with E-state index < -0.39 is 0 Å². The van der Waals surface area contributed by atoms with Gasteiger partial charge in [0.2, 0.25) is 0 Å². The molecule has 2 rings (SSSR count). The predicted octanol–water partition coefficient (Wildman–Crippen LogP) is 3.09. The van der Waals surface area contributed by atoms with Crippen LogP contribution in [0.1, 0.15) is 31.7 Å². The van der Waals surface area contributed by atoms with E-state index in [1.807, 2.05) is 25.1 Å². The fourth-order valence-electron chi connectivity index (χ4n) is 2.67. The van der Waals surface area contributed by atoms with Crippen molar-refractivity contribution in [2.75, 3.05) is 26.2 Å². The molecule has 1 aromatic rings. The number of hydrogen-bond acceptors (Lipinski definition) is 3. The Morgan fingerprint density at radius 2 is 2.10 bits per heavy atom. The zero-order valence-corrected chi connectivity index (χ0v) is 13.0. The van der Waals surface area contributed by atoms with E-state index >= 15 is 0 Å². The van der Waals surface area contributed by atoms with Crippen LogP contribution in [0.15, 0.2) is 18.2 Å². The van der Waals surface area contributed by atoms with E-state index in [-0.39, 0.29) is 6.04 Å². The Bertz CT molecular complexity index is 417. The van der Waals surface area contributed by atoms with Crippen molar-refractivity contribution in [2.24, 2.45) is 5.73 Å². The van der Waals surface area contributed by atoms with Gasteiger partial charge in [-0.2, -0.15) is 0 Å². The minimum absolute atomic E-state index is 0.0850. The molecule has 3 nitrogen and oxygen atoms in total. The Morgan fingerprint density at radius 3 is 2.80 bits per heavy atom. The van der Waals surface area contributed by atoms with Crippen molar-refractivity contribution >= 4 is 11.6 Å². The van der Waals surface area contributed by atoms with Crippen molar-refractivity contribution < 1.29 is 4.74 Å². The summed E-state index contributed by atoms with van der Waals surface area (Å²) in [5.74, 6) is 0.885. The summed E-state index contributed by atoms with van der Waals surface area (Å²) < 4.78 is 5.91. The van der Waals surface area contributed by atoms with Crippen LogP contribution in [-0.4, -0.2) is 37.2 Å². The largest absolute Gasteiger partial charge is 0.493 e. The molecule has 0 bridgehead atoms. The van der Waals surface area contributed by atoms with Crippen molar-refractivity contribution in [3.63, 3.8) is 0 Å². The van der Waals surface area contributed by atoms with Crippen molar-refractivity contribution in [3.05, 3.63) is 28.8 Å². The molecule has 1 heterocycles. The molecule has 0 aromatic heterocycles. The Labute approximate surface area is 127 Å². The van der Waals surface area contributed by atoms with Crippen LogP contribution in [0.25, 0.3) is 0 Å². The average Bonchev–Trinajstić information content (AvgIpc) is 2.91. The lowest BCUT2D eigenvalue weighted by Gasteiger charge is -2.17. The molecule has 2 N–H and O–H groups in total. The lowest BCUT2D eigenvalue weighted by atomic mass is 10.1. The number of hydrogen-bond donors (Lipinski definition) is 1. The summed E-state index contributed by atoms with van der Waals surface area (Å²) in [4.78, 5) is 2.50. The number of benzene rings is 1. The highest BCUT2D eigenvalue weighted by Crippen LogP contribution is 2.27. The first-order chi connectivity index (χ1) is 9.66. The molecule has 4 heteroatoms. The van der Waals surface area contributed by atoms with Crippen molar-refractivity contribution in [1.29, 1.82) is 0 Å². The molecule has 1 aliphatic heterocycles. The van der Waals surface area contributed by atoms with Crippen LogP contribution in [-0.2, 0) is 6.42 Å². The molecule has 1 fully saturated rings. The first kappa shape index (κ1) is 15.6. The molecule has 112 valence electrons. The first-order valence-corrected chi connectivity index (χ1v) is 7.92. The van der Waals surface area contributed by atoms with Gasteiger partial charge >= 0.3 is 0 Å². The molecule has 20 heavy (non-hydrogen) atoms. The van der Waals surface area contributed by atoms with Crippen LogP contribution in [0, 0.1) is 0 Å². The molecule has 0 spiro atoms. The molecule has 1 aromatic carbocycles. The SMILES string of the molecule is CC(N)Cc1c(Cl)cccc1OCCCN1CCCC1. The fourth-order valence-corrected chi connectivity index (χ4v) is 2.91. The highest BCUT2D eigenvalue weighted by molar-refractivity contribution is 6.31. The van der Waals surface area contributed by atoms with Crippen LogP contribution in [0.5, 0.6) is 5.75 Å². The van der Waals surface area contributed by atoms with Gasteiger partial charge in [0, 0.05) is 23.2 Å². The van der Waals surface area contributed by atoms with Gasteiger partial charge < -0.3 is 15.4 Å². The summed E-state index contributed by atoms with van der Waals surface area (Å²) >= 11 is 6.25. The minimum atomic E-state index is 0.0850. The van der Waals surface area contributed by atoms with Crippen LogP contribution in [0.2, 0.25) is 5.02 Å². The molecule has 1 aliphatic rings. The summed E-state index contributed by atoms with van der Waals surface area (Å²) in [7, 11) is 0. The van der Waals surface area contributed by atoms with Gasteiger partial charge in [-0.3, -0.25) is 0 Å². The molecular weight excluding hydrogens is 272 g/mol. The standard InChI is InChI=1S/C16H25ClN2O/c1-13(18)12-14-15(17)6-4-7-16(14)20-11-5-10-19-8-2-3-9-19/h4,6-7,13H,2-3,5,8-12,18H2,1H3. The van der Waals surface area contributed by atoms with Gasteiger partial charge in [-0.25, -0.2) is 0 Å². The van der Waals surface area contributed by atoms with Gasteiger partial charge in [0.05, 0.1) is 6.61 Å². The van der Waals surface area contributed by atoms with Crippen molar-refractivity contribution in [1.82, 2.24) is 4.90 Å². The quantitative estimate of drug-likeness (QED) is 0.786. The topological polar surface area (TPSA) is 38.5 Å². The molecule has 1 saturated heterocycles. The van der Waals surface area contributed by atoms with E-state index in [0.29, 0.717) is 0 Å². The van der Waals surface area contributed by atoms with E-state index in [4.69, 9.17) is 22.1 Å². The Kier molecular flexibility index (Phi) is 6.14. The van der Waals surface area contributed by atoms with E-state index in [2.05, 4.69) is 4.90 Å². The normalized spacial score (nSPS) is 17.4. The zero-order valence-electron chi connectivity index (χ0n) is 12.3. The number of halogens is 1. The van der Waals surface area contributed by atoms with Gasteiger partial charge in [0.15, 0.2) is 0 Å². The lowest BCUT2D eigenvalue weighted by Crippen LogP contribution is -2.22. The summed E-state index contributed by atoms with van der Waals surface area (Å²) in [5, 5.41) is 0.749. The maximum absolute atomic E-state index is 6.25. The zero-order chi connectivity index (χ0) is 14.4. The van der Waals surface area contributed by atoms with E-state index in [9.17, 15) is 0 Å². The average molecular weight is 297 g/mol. The molecule has 1 unspecified atom stereocenters. The Balaban J connectivity index is 1.83. The number of likely N-dealkylation sites (tertiary alicyclic amines) is 1. The van der Waals surface area contributed by atoms with E-state index in [0.717, 1.165) is 42.3 Å². The minimum Gasteiger partial charge on any atom is -0.493 e. The van der Waals surface area contributed by atoms with E-state index in [1.54, 1.807) is 0 Å². The summed E-state index contributed by atoms with van der Waals surface area (Å²) in [6.07, 6.45) is 4.49. The summed E-state index contributed by atoms with van der Waals surface area (Å²) in [5.41, 5.74) is 6.91. The highest BCUT2D eigenvalue weighted by atomic mass is 35.5. The number of nitrogens with two attached hydrogens (primary N) is 1. The molecule has 1 atom stereocenters. The number of ether oxygens (including phenoxy) is 1. The Morgan fingerprint density at radius 1 is 1.35 bits per heavy atom. The third-order valence-corrected chi connectivity index (χ3v) is 4.03. The smallest absolute Gasteiger partial charge is 0.124 e. The third-order valence-electron chi connectivity index (χ3n) is 3.68. The summed E-state index contributed by atoms with van der Waals surface area (Å²) in [6.45, 7) is 6.34. The van der Waals surface area contributed by atoms with Gasteiger partial charge in [0.1, 0.15) is 5.75 Å². The molecular formula is C16H25ClN2O. The van der Waals surface area contributed by atoms with Crippen molar-refractivity contribution in [2.45, 2.75) is 38.6 Å². The first-order valence-electron chi connectivity index (χ1n) is 7.55. The van der Waals surface area contributed by atoms with Crippen LogP contribution in [0.4, 0.5) is 0 Å². The van der Waals surface area contributed by atoms with Gasteiger partial charge in [-0.1, -0.05) is 17.7 Å². The highest BCUT2D eigenvalue weighted by Gasteiger charge is 2.12. The molecule has 0 aliphatic carbocycles. The maximum Gasteiger partial charge on any atom is 0.124 e. The third kappa shape index (κ3) is 4.65. The fraction of sp³-hybridized carbons (Fsp3) is 0.625. The summed E-state index contributed by atoms with van der Waals surface area (Å²) in [6, 6.07) is 5.90. The maximum atomic E-state index is 6.25. The second kappa shape index (κ2) is 7.87. The van der Waals surface area contributed by atoms with Crippen LogP contribution in [0.3, 0.4) is 0 Å². The van der Waals surface area contributed by atoms with Gasteiger partial charge in [0.25, 0.3) is 0 Å². The molecule has 0 saturated carbocycles. The lowest BCUT2D eigenvalue weighted by molar-refractivity contribution is 0.261. The Hall–Kier alpha value is -0.770. The van der Waals surface area contributed by atoms with Gasteiger partial charge in [-0.15, -0.1) is 0 Å². The molecule has 0 amide bonds. The van der Waals surface area contributed by atoms with Crippen LogP contribution < -0.4 is 10.5 Å². The van der Waals surface area contributed by atoms with E-state index in [1.165, 1.54) is 25.9 Å².